The molecule has 4 heterocycles. The van der Waals surface area contributed by atoms with Crippen molar-refractivity contribution in [2.45, 2.75) is 45.7 Å². The van der Waals surface area contributed by atoms with Crippen molar-refractivity contribution in [1.29, 1.82) is 0 Å². The molecule has 1 N–H and O–H groups in total. The molecule has 0 unspecified atom stereocenters. The molecule has 3 fully saturated rings. The van der Waals surface area contributed by atoms with E-state index in [0.29, 0.717) is 25.0 Å². The van der Waals surface area contributed by atoms with E-state index in [4.69, 9.17) is 4.74 Å². The first-order valence-electron chi connectivity index (χ1n) is 10.3. The standard InChI is InChI=1S/C22H30N4O2/c1-3-28-20-8-5-17(6-9-20)10-22(27)26-12-18-4-7-19(26)13-25(11-18)14-21-16(2)23-15-24-21/h5-6,8-9,15,18-19H,3-4,7,10-14H2,1-2H3,(H,23,24)/t18-,19+/m1/s1. The first kappa shape index (κ1) is 19.0. The van der Waals surface area contributed by atoms with Gasteiger partial charge in [0.05, 0.1) is 25.0 Å². The van der Waals surface area contributed by atoms with E-state index >= 15 is 0 Å². The first-order valence-corrected chi connectivity index (χ1v) is 10.3. The summed E-state index contributed by atoms with van der Waals surface area (Å²) in [4.78, 5) is 25.3. The number of piperidine rings is 1. The molecule has 2 atom stereocenters. The molecule has 0 spiro atoms. The highest BCUT2D eigenvalue weighted by Crippen LogP contribution is 2.29. The summed E-state index contributed by atoms with van der Waals surface area (Å²) in [6, 6.07) is 8.23. The zero-order chi connectivity index (χ0) is 19.5. The van der Waals surface area contributed by atoms with Crippen LogP contribution in [0.5, 0.6) is 5.75 Å². The predicted molar refractivity (Wildman–Crippen MR) is 108 cm³/mol. The number of carbonyl (C=O) groups is 1. The summed E-state index contributed by atoms with van der Waals surface area (Å²) < 4.78 is 5.49. The van der Waals surface area contributed by atoms with Gasteiger partial charge in [0.15, 0.2) is 0 Å². The molecule has 1 aromatic carbocycles. The van der Waals surface area contributed by atoms with Crippen molar-refractivity contribution in [2.75, 3.05) is 26.2 Å². The average molecular weight is 383 g/mol. The van der Waals surface area contributed by atoms with Crippen molar-refractivity contribution in [3.63, 3.8) is 0 Å². The molecule has 3 saturated heterocycles. The fraction of sp³-hybridized carbons (Fsp3) is 0.545. The molecular weight excluding hydrogens is 352 g/mol. The summed E-state index contributed by atoms with van der Waals surface area (Å²) in [5.74, 6) is 1.66. The number of ether oxygens (including phenoxy) is 1. The Kier molecular flexibility index (Phi) is 5.67. The number of rotatable bonds is 6. The van der Waals surface area contributed by atoms with Crippen LogP contribution in [0.2, 0.25) is 0 Å². The van der Waals surface area contributed by atoms with Gasteiger partial charge in [-0.2, -0.15) is 0 Å². The smallest absolute Gasteiger partial charge is 0.227 e. The molecule has 1 amide bonds. The van der Waals surface area contributed by atoms with Crippen LogP contribution in [0.15, 0.2) is 30.6 Å². The summed E-state index contributed by atoms with van der Waals surface area (Å²) in [7, 11) is 0. The number of fused-ring (bicyclic) bond motifs is 4. The monoisotopic (exact) mass is 382 g/mol. The minimum Gasteiger partial charge on any atom is -0.494 e. The number of aromatic amines is 1. The minimum absolute atomic E-state index is 0.247. The largest absolute Gasteiger partial charge is 0.494 e. The maximum absolute atomic E-state index is 13.1. The maximum atomic E-state index is 13.1. The summed E-state index contributed by atoms with van der Waals surface area (Å²) in [5.41, 5.74) is 3.31. The molecule has 150 valence electrons. The Morgan fingerprint density at radius 1 is 1.21 bits per heavy atom. The van der Waals surface area contributed by atoms with E-state index < -0.39 is 0 Å². The van der Waals surface area contributed by atoms with Crippen LogP contribution in [0.1, 0.15) is 36.7 Å². The molecule has 2 aromatic rings. The Morgan fingerprint density at radius 2 is 2.04 bits per heavy atom. The third-order valence-electron chi connectivity index (χ3n) is 6.01. The molecule has 0 saturated carbocycles. The van der Waals surface area contributed by atoms with Crippen molar-refractivity contribution < 1.29 is 9.53 Å². The Labute approximate surface area is 166 Å². The normalized spacial score (nSPS) is 22.3. The highest BCUT2D eigenvalue weighted by atomic mass is 16.5. The van der Waals surface area contributed by atoms with Gasteiger partial charge in [-0.15, -0.1) is 0 Å². The van der Waals surface area contributed by atoms with E-state index in [1.54, 1.807) is 6.33 Å². The van der Waals surface area contributed by atoms with Crippen molar-refractivity contribution in [1.82, 2.24) is 19.8 Å². The third-order valence-corrected chi connectivity index (χ3v) is 6.01. The highest BCUT2D eigenvalue weighted by molar-refractivity contribution is 5.79. The number of aromatic nitrogens is 2. The van der Waals surface area contributed by atoms with Crippen molar-refractivity contribution in [3.05, 3.63) is 47.5 Å². The first-order chi connectivity index (χ1) is 13.6. The number of hydrogen-bond acceptors (Lipinski definition) is 4. The fourth-order valence-electron chi connectivity index (χ4n) is 4.52. The van der Waals surface area contributed by atoms with Crippen molar-refractivity contribution in [2.24, 2.45) is 5.92 Å². The topological polar surface area (TPSA) is 61.5 Å². The Bertz CT molecular complexity index is 801. The van der Waals surface area contributed by atoms with Gasteiger partial charge in [-0.25, -0.2) is 4.98 Å². The molecule has 1 aromatic heterocycles. The number of imidazole rings is 1. The SMILES string of the molecule is CCOc1ccc(CC(=O)N2C[C@@H]3CC[C@H]2CN(Cc2nc[nH]c2C)C3)cc1. The number of benzene rings is 1. The molecular formula is C22H30N4O2. The molecule has 3 aliphatic rings. The average Bonchev–Trinajstić information content (AvgIpc) is 2.90. The number of nitrogens with zero attached hydrogens (tertiary/aromatic N) is 3. The van der Waals surface area contributed by atoms with E-state index in [-0.39, 0.29) is 5.91 Å². The molecule has 0 radical (unpaired) electrons. The Balaban J connectivity index is 1.40. The lowest BCUT2D eigenvalue weighted by Crippen LogP contribution is -2.48. The highest BCUT2D eigenvalue weighted by Gasteiger charge is 2.37. The number of aryl methyl sites for hydroxylation is 1. The molecule has 3 aliphatic heterocycles. The van der Waals surface area contributed by atoms with Crippen molar-refractivity contribution in [3.8, 4) is 5.75 Å². The number of hydrogen-bond donors (Lipinski definition) is 1. The van der Waals surface area contributed by atoms with E-state index in [2.05, 4.69) is 26.7 Å². The van der Waals surface area contributed by atoms with E-state index in [1.165, 1.54) is 6.42 Å². The Hall–Kier alpha value is -2.34. The number of nitrogens with one attached hydrogen (secondary N) is 1. The zero-order valence-corrected chi connectivity index (χ0v) is 16.9. The molecule has 2 bridgehead atoms. The van der Waals surface area contributed by atoms with Gasteiger partial charge >= 0.3 is 0 Å². The van der Waals surface area contributed by atoms with Gasteiger partial charge in [-0.1, -0.05) is 12.1 Å². The van der Waals surface area contributed by atoms with Gasteiger partial charge in [0.2, 0.25) is 5.91 Å². The lowest BCUT2D eigenvalue weighted by molar-refractivity contribution is -0.134. The van der Waals surface area contributed by atoms with Crippen LogP contribution in [-0.2, 0) is 17.8 Å². The third kappa shape index (κ3) is 4.22. The summed E-state index contributed by atoms with van der Waals surface area (Å²) in [5, 5.41) is 0. The summed E-state index contributed by atoms with van der Waals surface area (Å²) >= 11 is 0. The van der Waals surface area contributed by atoms with Gasteiger partial charge in [0.25, 0.3) is 0 Å². The van der Waals surface area contributed by atoms with Gasteiger partial charge in [-0.05, 0) is 50.3 Å². The quantitative estimate of drug-likeness (QED) is 0.835. The molecule has 0 aliphatic carbocycles. The van der Waals surface area contributed by atoms with Crippen LogP contribution in [0.4, 0.5) is 0 Å². The lowest BCUT2D eigenvalue weighted by Gasteiger charge is -2.36. The predicted octanol–water partition coefficient (Wildman–Crippen LogP) is 2.78. The maximum Gasteiger partial charge on any atom is 0.227 e. The van der Waals surface area contributed by atoms with Crippen LogP contribution in [0.3, 0.4) is 0 Å². The number of amides is 1. The second kappa shape index (κ2) is 8.35. The molecule has 6 heteroatoms. The molecule has 5 rings (SSSR count). The molecule has 28 heavy (non-hydrogen) atoms. The zero-order valence-electron chi connectivity index (χ0n) is 16.9. The minimum atomic E-state index is 0.247. The summed E-state index contributed by atoms with van der Waals surface area (Å²) in [6.07, 6.45) is 4.56. The Morgan fingerprint density at radius 3 is 2.75 bits per heavy atom. The van der Waals surface area contributed by atoms with Crippen LogP contribution >= 0.6 is 0 Å². The lowest BCUT2D eigenvalue weighted by atomic mass is 9.94. The number of carbonyl (C=O) groups excluding carboxylic acids is 1. The fourth-order valence-corrected chi connectivity index (χ4v) is 4.52. The van der Waals surface area contributed by atoms with Gasteiger partial charge in [0.1, 0.15) is 5.75 Å². The summed E-state index contributed by atoms with van der Waals surface area (Å²) in [6.45, 7) is 8.45. The van der Waals surface area contributed by atoms with Gasteiger partial charge in [-0.3, -0.25) is 9.69 Å². The second-order valence-electron chi connectivity index (χ2n) is 8.07. The van der Waals surface area contributed by atoms with Crippen LogP contribution in [0.25, 0.3) is 0 Å². The van der Waals surface area contributed by atoms with E-state index in [0.717, 1.165) is 55.3 Å². The van der Waals surface area contributed by atoms with Crippen molar-refractivity contribution >= 4 is 5.91 Å². The van der Waals surface area contributed by atoms with E-state index in [9.17, 15) is 4.79 Å². The second-order valence-corrected chi connectivity index (χ2v) is 8.07. The van der Waals surface area contributed by atoms with Crippen LogP contribution < -0.4 is 4.74 Å². The van der Waals surface area contributed by atoms with Crippen LogP contribution in [-0.4, -0.2) is 58.0 Å². The number of H-pyrrole nitrogens is 1. The van der Waals surface area contributed by atoms with E-state index in [1.807, 2.05) is 31.2 Å². The van der Waals surface area contributed by atoms with Crippen LogP contribution in [0, 0.1) is 12.8 Å². The van der Waals surface area contributed by atoms with Gasteiger partial charge < -0.3 is 14.6 Å². The van der Waals surface area contributed by atoms with Gasteiger partial charge in [0, 0.05) is 37.9 Å². The molecule has 6 nitrogen and oxygen atoms in total.